The maximum Gasteiger partial charge on any atom is 0.159 e. The van der Waals surface area contributed by atoms with Crippen LogP contribution < -0.4 is 0 Å². The third-order valence-corrected chi connectivity index (χ3v) is 4.49. The van der Waals surface area contributed by atoms with E-state index in [-0.39, 0.29) is 31.7 Å². The fourth-order valence-electron chi connectivity index (χ4n) is 3.20. The topological polar surface area (TPSA) is 78.0 Å². The molecule has 0 aliphatic carbocycles. The van der Waals surface area contributed by atoms with Gasteiger partial charge < -0.3 is 5.11 Å². The van der Waals surface area contributed by atoms with Gasteiger partial charge in [0.2, 0.25) is 0 Å². The molecule has 3 aromatic rings. The van der Waals surface area contributed by atoms with Gasteiger partial charge in [-0.05, 0) is 23.8 Å². The van der Waals surface area contributed by atoms with Crippen LogP contribution in [0.15, 0.2) is 49.1 Å². The summed E-state index contributed by atoms with van der Waals surface area (Å²) in [5, 5.41) is 24.4. The van der Waals surface area contributed by atoms with Gasteiger partial charge in [-0.1, -0.05) is 12.1 Å². The molecule has 0 saturated carbocycles. The Balaban J connectivity index is 1.94. The molecule has 0 spiro atoms. The van der Waals surface area contributed by atoms with Gasteiger partial charge in [-0.2, -0.15) is 10.4 Å². The zero-order chi connectivity index (χ0) is 21.7. The summed E-state index contributed by atoms with van der Waals surface area (Å²) in [4.78, 5) is 5.22. The SMILES string of the molecule is N#CCN(Cc1ccc(F)c(F)c1)CC(O)(Cn1cncn1)c1ccc(F)cc1F. The summed E-state index contributed by atoms with van der Waals surface area (Å²) >= 11 is 0. The molecule has 0 aliphatic rings. The Labute approximate surface area is 169 Å². The van der Waals surface area contributed by atoms with E-state index in [1.807, 2.05) is 6.07 Å². The molecule has 3 rings (SSSR count). The third-order valence-electron chi connectivity index (χ3n) is 4.49. The molecule has 2 aromatic carbocycles. The van der Waals surface area contributed by atoms with Crippen LogP contribution in [0, 0.1) is 34.6 Å². The molecular weight excluding hydrogens is 402 g/mol. The van der Waals surface area contributed by atoms with Crippen LogP contribution in [-0.4, -0.2) is 37.9 Å². The van der Waals surface area contributed by atoms with Gasteiger partial charge in [-0.3, -0.25) is 4.90 Å². The number of halogens is 4. The highest BCUT2D eigenvalue weighted by Gasteiger charge is 2.35. The zero-order valence-corrected chi connectivity index (χ0v) is 15.6. The minimum atomic E-state index is -1.93. The highest BCUT2D eigenvalue weighted by Crippen LogP contribution is 2.28. The highest BCUT2D eigenvalue weighted by molar-refractivity contribution is 5.26. The minimum absolute atomic E-state index is 0.0206. The van der Waals surface area contributed by atoms with Crippen molar-refractivity contribution in [3.05, 3.63) is 83.4 Å². The largest absolute Gasteiger partial charge is 0.382 e. The van der Waals surface area contributed by atoms with Crippen molar-refractivity contribution in [3.63, 3.8) is 0 Å². The number of hydrogen-bond acceptors (Lipinski definition) is 5. The number of hydrogen-bond donors (Lipinski definition) is 1. The van der Waals surface area contributed by atoms with E-state index in [0.29, 0.717) is 11.6 Å². The molecule has 1 N–H and O–H groups in total. The zero-order valence-electron chi connectivity index (χ0n) is 15.6. The van der Waals surface area contributed by atoms with Crippen LogP contribution in [0.25, 0.3) is 0 Å². The smallest absolute Gasteiger partial charge is 0.159 e. The molecule has 30 heavy (non-hydrogen) atoms. The van der Waals surface area contributed by atoms with Crippen molar-refractivity contribution >= 4 is 0 Å². The van der Waals surface area contributed by atoms with Gasteiger partial charge in [0.1, 0.15) is 29.9 Å². The maximum atomic E-state index is 14.5. The van der Waals surface area contributed by atoms with Crippen molar-refractivity contribution in [2.45, 2.75) is 18.7 Å². The summed E-state index contributed by atoms with van der Waals surface area (Å²) in [6.07, 6.45) is 2.55. The van der Waals surface area contributed by atoms with Gasteiger partial charge in [-0.25, -0.2) is 27.2 Å². The Kier molecular flexibility index (Phi) is 6.44. The lowest BCUT2D eigenvalue weighted by Crippen LogP contribution is -2.44. The normalized spacial score (nSPS) is 13.2. The highest BCUT2D eigenvalue weighted by atomic mass is 19.2. The molecule has 1 aromatic heterocycles. The number of benzene rings is 2. The van der Waals surface area contributed by atoms with Crippen LogP contribution in [0.2, 0.25) is 0 Å². The quantitative estimate of drug-likeness (QED) is 0.449. The second-order valence-corrected chi connectivity index (χ2v) is 6.80. The first-order valence-electron chi connectivity index (χ1n) is 8.84. The molecule has 0 fully saturated rings. The van der Waals surface area contributed by atoms with E-state index in [1.165, 1.54) is 28.3 Å². The second-order valence-electron chi connectivity index (χ2n) is 6.80. The number of nitriles is 1. The Morgan fingerprint density at radius 3 is 2.50 bits per heavy atom. The average molecular weight is 419 g/mol. The number of nitrogens with zero attached hydrogens (tertiary/aromatic N) is 5. The van der Waals surface area contributed by atoms with Crippen molar-refractivity contribution < 1.29 is 22.7 Å². The third kappa shape index (κ3) is 5.00. The molecule has 1 unspecified atom stereocenters. The molecular formula is C20H17F4N5O. The van der Waals surface area contributed by atoms with Crippen LogP contribution in [-0.2, 0) is 18.7 Å². The molecule has 1 heterocycles. The van der Waals surface area contributed by atoms with Crippen molar-refractivity contribution in [2.24, 2.45) is 0 Å². The van der Waals surface area contributed by atoms with Gasteiger partial charge in [0.05, 0.1) is 19.2 Å². The fraction of sp³-hybridized carbons (Fsp3) is 0.250. The maximum absolute atomic E-state index is 14.5. The molecule has 0 amide bonds. The van der Waals surface area contributed by atoms with Gasteiger partial charge in [-0.15, -0.1) is 0 Å². The van der Waals surface area contributed by atoms with Crippen LogP contribution in [0.3, 0.4) is 0 Å². The van der Waals surface area contributed by atoms with E-state index in [4.69, 9.17) is 5.26 Å². The van der Waals surface area contributed by atoms with Crippen LogP contribution >= 0.6 is 0 Å². The van der Waals surface area contributed by atoms with Crippen molar-refractivity contribution in [2.75, 3.05) is 13.1 Å². The first-order valence-corrected chi connectivity index (χ1v) is 8.84. The van der Waals surface area contributed by atoms with Crippen molar-refractivity contribution in [3.8, 4) is 6.07 Å². The van der Waals surface area contributed by atoms with Crippen molar-refractivity contribution in [1.29, 1.82) is 5.26 Å². The summed E-state index contributed by atoms with van der Waals surface area (Å²) in [5.74, 6) is -3.84. The Hall–Kier alpha value is -3.29. The van der Waals surface area contributed by atoms with Crippen LogP contribution in [0.1, 0.15) is 11.1 Å². The van der Waals surface area contributed by atoms with Gasteiger partial charge >= 0.3 is 0 Å². The lowest BCUT2D eigenvalue weighted by atomic mass is 9.92. The molecule has 0 saturated heterocycles. The van der Waals surface area contributed by atoms with Crippen LogP contribution in [0.5, 0.6) is 0 Å². The number of aliphatic hydroxyl groups is 1. The first kappa shape index (κ1) is 21.4. The standard InChI is InChI=1S/C20H17F4N5O/c21-15-2-3-16(18(23)8-15)20(30,11-29-13-26-12-27-29)10-28(6-5-25)9-14-1-4-17(22)19(24)7-14/h1-4,7-8,12-13,30H,6,9-11H2. The Morgan fingerprint density at radius 1 is 1.07 bits per heavy atom. The minimum Gasteiger partial charge on any atom is -0.382 e. The van der Waals surface area contributed by atoms with Gasteiger partial charge in [0, 0.05) is 24.7 Å². The summed E-state index contributed by atoms with van der Waals surface area (Å²) in [7, 11) is 0. The average Bonchev–Trinajstić information content (AvgIpc) is 3.17. The number of aromatic nitrogens is 3. The number of rotatable bonds is 8. The Bertz CT molecular complexity index is 1050. The lowest BCUT2D eigenvalue weighted by Gasteiger charge is -2.34. The summed E-state index contributed by atoms with van der Waals surface area (Å²) in [6, 6.07) is 7.98. The monoisotopic (exact) mass is 419 g/mol. The van der Waals surface area contributed by atoms with E-state index in [9.17, 15) is 22.7 Å². The van der Waals surface area contributed by atoms with E-state index in [2.05, 4.69) is 10.1 Å². The Morgan fingerprint density at radius 2 is 1.87 bits per heavy atom. The molecule has 156 valence electrons. The molecule has 1 atom stereocenters. The molecule has 10 heteroatoms. The predicted octanol–water partition coefficient (Wildman–Crippen LogP) is 2.75. The summed E-state index contributed by atoms with van der Waals surface area (Å²) in [5.41, 5.74) is -1.78. The van der Waals surface area contributed by atoms with Crippen LogP contribution in [0.4, 0.5) is 17.6 Å². The van der Waals surface area contributed by atoms with Crippen molar-refractivity contribution in [1.82, 2.24) is 19.7 Å². The lowest BCUT2D eigenvalue weighted by molar-refractivity contribution is -0.0206. The summed E-state index contributed by atoms with van der Waals surface area (Å²) in [6.45, 7) is -0.730. The van der Waals surface area contributed by atoms with Gasteiger partial charge in [0.15, 0.2) is 11.6 Å². The van der Waals surface area contributed by atoms with E-state index in [0.717, 1.165) is 24.3 Å². The predicted molar refractivity (Wildman–Crippen MR) is 97.5 cm³/mol. The molecule has 0 radical (unpaired) electrons. The van der Waals surface area contributed by atoms with E-state index in [1.54, 1.807) is 0 Å². The molecule has 0 aliphatic heterocycles. The van der Waals surface area contributed by atoms with E-state index >= 15 is 0 Å². The first-order chi connectivity index (χ1) is 14.3. The summed E-state index contributed by atoms with van der Waals surface area (Å²) < 4.78 is 55.9. The molecule has 6 nitrogen and oxygen atoms in total. The molecule has 0 bridgehead atoms. The van der Waals surface area contributed by atoms with E-state index < -0.39 is 28.9 Å². The van der Waals surface area contributed by atoms with Gasteiger partial charge in [0.25, 0.3) is 0 Å². The fourth-order valence-corrected chi connectivity index (χ4v) is 3.20. The second kappa shape index (κ2) is 9.02.